The first-order valence-electron chi connectivity index (χ1n) is 8.59. The number of rotatable bonds is 5. The lowest BCUT2D eigenvalue weighted by Crippen LogP contribution is -2.35. The van der Waals surface area contributed by atoms with Crippen molar-refractivity contribution in [1.82, 2.24) is 9.80 Å². The van der Waals surface area contributed by atoms with Gasteiger partial charge in [0.05, 0.1) is 6.10 Å². The van der Waals surface area contributed by atoms with Gasteiger partial charge < -0.3 is 14.9 Å². The Morgan fingerprint density at radius 3 is 2.64 bits per heavy atom. The second-order valence-electron chi connectivity index (χ2n) is 6.81. The molecule has 1 aromatic rings. The standard InChI is InChI=1S/C18H27ClN2O/c19-17-7-3-2-6-16(17)18(22)14-21-11-8-15(13-21)12-20-9-4-1-5-10-20/h2-3,6-7,15,18,22H,1,4-5,8-14H2. The third-order valence-electron chi connectivity index (χ3n) is 5.03. The summed E-state index contributed by atoms with van der Waals surface area (Å²) in [5, 5.41) is 11.1. The molecule has 0 aliphatic carbocycles. The molecule has 0 bridgehead atoms. The molecule has 2 aliphatic heterocycles. The van der Waals surface area contributed by atoms with E-state index in [4.69, 9.17) is 11.6 Å². The first-order chi connectivity index (χ1) is 10.7. The molecule has 0 amide bonds. The Morgan fingerprint density at radius 2 is 1.86 bits per heavy atom. The molecule has 2 aliphatic rings. The van der Waals surface area contributed by atoms with E-state index in [0.717, 1.165) is 24.6 Å². The number of piperidine rings is 1. The third kappa shape index (κ3) is 4.23. The zero-order valence-electron chi connectivity index (χ0n) is 13.3. The molecule has 2 saturated heterocycles. The number of halogens is 1. The van der Waals surface area contributed by atoms with Gasteiger partial charge >= 0.3 is 0 Å². The van der Waals surface area contributed by atoms with E-state index in [1.54, 1.807) is 0 Å². The number of aliphatic hydroxyl groups excluding tert-OH is 1. The van der Waals surface area contributed by atoms with Crippen molar-refractivity contribution in [2.24, 2.45) is 5.92 Å². The minimum atomic E-state index is -0.484. The van der Waals surface area contributed by atoms with Gasteiger partial charge in [0.15, 0.2) is 0 Å². The van der Waals surface area contributed by atoms with Gasteiger partial charge in [0.1, 0.15) is 0 Å². The van der Waals surface area contributed by atoms with E-state index in [1.807, 2.05) is 24.3 Å². The van der Waals surface area contributed by atoms with Crippen molar-refractivity contribution in [1.29, 1.82) is 0 Å². The molecule has 122 valence electrons. The summed E-state index contributed by atoms with van der Waals surface area (Å²) in [5.41, 5.74) is 0.851. The van der Waals surface area contributed by atoms with Crippen LogP contribution in [0.3, 0.4) is 0 Å². The van der Waals surface area contributed by atoms with Crippen LogP contribution in [0.15, 0.2) is 24.3 Å². The van der Waals surface area contributed by atoms with E-state index in [9.17, 15) is 5.11 Å². The Balaban J connectivity index is 1.47. The fraction of sp³-hybridized carbons (Fsp3) is 0.667. The second-order valence-corrected chi connectivity index (χ2v) is 7.22. The zero-order chi connectivity index (χ0) is 15.4. The van der Waals surface area contributed by atoms with E-state index in [0.29, 0.717) is 11.6 Å². The first-order valence-corrected chi connectivity index (χ1v) is 8.97. The molecule has 3 rings (SSSR count). The molecule has 4 heteroatoms. The molecule has 2 unspecified atom stereocenters. The monoisotopic (exact) mass is 322 g/mol. The molecule has 1 N–H and O–H groups in total. The molecule has 0 radical (unpaired) electrons. The van der Waals surface area contributed by atoms with Gasteiger partial charge in [0.2, 0.25) is 0 Å². The van der Waals surface area contributed by atoms with E-state index >= 15 is 0 Å². The van der Waals surface area contributed by atoms with Crippen LogP contribution in [0.25, 0.3) is 0 Å². The van der Waals surface area contributed by atoms with Crippen LogP contribution in [0.5, 0.6) is 0 Å². The van der Waals surface area contributed by atoms with Crippen molar-refractivity contribution < 1.29 is 5.11 Å². The molecule has 2 fully saturated rings. The fourth-order valence-corrected chi connectivity index (χ4v) is 4.08. The Morgan fingerprint density at radius 1 is 1.09 bits per heavy atom. The molecule has 3 nitrogen and oxygen atoms in total. The highest BCUT2D eigenvalue weighted by atomic mass is 35.5. The number of β-amino-alcohol motifs (C(OH)–C–C–N with tert-alkyl or cyclic N) is 1. The van der Waals surface area contributed by atoms with Crippen LogP contribution in [-0.2, 0) is 0 Å². The van der Waals surface area contributed by atoms with Gasteiger partial charge in [-0.1, -0.05) is 36.2 Å². The van der Waals surface area contributed by atoms with Crippen molar-refractivity contribution in [3.05, 3.63) is 34.9 Å². The van der Waals surface area contributed by atoms with Gasteiger partial charge in [-0.3, -0.25) is 0 Å². The second kappa shape index (κ2) is 7.78. The summed E-state index contributed by atoms with van der Waals surface area (Å²) in [6.45, 7) is 6.69. The highest BCUT2D eigenvalue weighted by molar-refractivity contribution is 6.31. The summed E-state index contributed by atoms with van der Waals surface area (Å²) in [6.07, 6.45) is 4.90. The third-order valence-corrected chi connectivity index (χ3v) is 5.37. The molecule has 0 spiro atoms. The summed E-state index contributed by atoms with van der Waals surface area (Å²) < 4.78 is 0. The summed E-state index contributed by atoms with van der Waals surface area (Å²) in [5.74, 6) is 0.761. The highest BCUT2D eigenvalue weighted by Crippen LogP contribution is 2.26. The Kier molecular flexibility index (Phi) is 5.75. The molecule has 0 saturated carbocycles. The van der Waals surface area contributed by atoms with Crippen LogP contribution in [0, 0.1) is 5.92 Å². The van der Waals surface area contributed by atoms with E-state index in [-0.39, 0.29) is 0 Å². The zero-order valence-corrected chi connectivity index (χ0v) is 14.0. The largest absolute Gasteiger partial charge is 0.387 e. The maximum atomic E-state index is 10.4. The predicted molar refractivity (Wildman–Crippen MR) is 91.2 cm³/mol. The molecule has 0 aromatic heterocycles. The lowest BCUT2D eigenvalue weighted by atomic mass is 10.1. The van der Waals surface area contributed by atoms with Crippen LogP contribution in [0.4, 0.5) is 0 Å². The van der Waals surface area contributed by atoms with E-state index < -0.39 is 6.10 Å². The van der Waals surface area contributed by atoms with Crippen LogP contribution in [0.1, 0.15) is 37.4 Å². The normalized spacial score (nSPS) is 25.5. The summed E-state index contributed by atoms with van der Waals surface area (Å²) in [4.78, 5) is 5.02. The predicted octanol–water partition coefficient (Wildman–Crippen LogP) is 3.18. The van der Waals surface area contributed by atoms with Gasteiger partial charge in [-0.25, -0.2) is 0 Å². The average Bonchev–Trinajstić information content (AvgIpc) is 2.95. The number of aliphatic hydroxyl groups is 1. The minimum absolute atomic E-state index is 0.484. The number of likely N-dealkylation sites (tertiary alicyclic amines) is 2. The minimum Gasteiger partial charge on any atom is -0.387 e. The average molecular weight is 323 g/mol. The van der Waals surface area contributed by atoms with Gasteiger partial charge in [0, 0.05) is 30.2 Å². The highest BCUT2D eigenvalue weighted by Gasteiger charge is 2.26. The topological polar surface area (TPSA) is 26.7 Å². The van der Waals surface area contributed by atoms with Crippen molar-refractivity contribution >= 4 is 11.6 Å². The molecular formula is C18H27ClN2O. The Hall–Kier alpha value is -0.610. The van der Waals surface area contributed by atoms with Crippen molar-refractivity contribution in [2.45, 2.75) is 31.8 Å². The van der Waals surface area contributed by atoms with Crippen molar-refractivity contribution in [3.8, 4) is 0 Å². The Labute approximate surface area is 138 Å². The number of hydrogen-bond acceptors (Lipinski definition) is 3. The van der Waals surface area contributed by atoms with Crippen molar-refractivity contribution in [2.75, 3.05) is 39.3 Å². The summed E-state index contributed by atoms with van der Waals surface area (Å²) in [7, 11) is 0. The van der Waals surface area contributed by atoms with E-state index in [1.165, 1.54) is 45.3 Å². The smallest absolute Gasteiger partial charge is 0.0931 e. The summed E-state index contributed by atoms with van der Waals surface area (Å²) >= 11 is 6.18. The van der Waals surface area contributed by atoms with Gasteiger partial charge in [-0.05, 0) is 50.9 Å². The summed E-state index contributed by atoms with van der Waals surface area (Å²) in [6, 6.07) is 7.62. The molecule has 1 aromatic carbocycles. The SMILES string of the molecule is OC(CN1CCC(CN2CCCCC2)C1)c1ccccc1Cl. The van der Waals surface area contributed by atoms with Crippen LogP contribution < -0.4 is 0 Å². The molecule has 2 atom stereocenters. The van der Waals surface area contributed by atoms with Gasteiger partial charge in [-0.2, -0.15) is 0 Å². The number of nitrogens with zero attached hydrogens (tertiary/aromatic N) is 2. The first kappa shape index (κ1) is 16.3. The van der Waals surface area contributed by atoms with E-state index in [2.05, 4.69) is 9.80 Å². The number of hydrogen-bond donors (Lipinski definition) is 1. The van der Waals surface area contributed by atoms with Gasteiger partial charge in [-0.15, -0.1) is 0 Å². The lowest BCUT2D eigenvalue weighted by Gasteiger charge is -2.29. The number of benzene rings is 1. The van der Waals surface area contributed by atoms with Crippen LogP contribution >= 0.6 is 11.6 Å². The van der Waals surface area contributed by atoms with Crippen molar-refractivity contribution in [3.63, 3.8) is 0 Å². The lowest BCUT2D eigenvalue weighted by molar-refractivity contribution is 0.121. The van der Waals surface area contributed by atoms with Gasteiger partial charge in [0.25, 0.3) is 0 Å². The Bertz CT molecular complexity index is 476. The maximum Gasteiger partial charge on any atom is 0.0931 e. The molecule has 22 heavy (non-hydrogen) atoms. The fourth-order valence-electron chi connectivity index (χ4n) is 3.82. The van der Waals surface area contributed by atoms with Crippen LogP contribution in [0.2, 0.25) is 5.02 Å². The quantitative estimate of drug-likeness (QED) is 0.902. The maximum absolute atomic E-state index is 10.4. The molecule has 2 heterocycles. The van der Waals surface area contributed by atoms with Crippen LogP contribution in [-0.4, -0.2) is 54.2 Å². The molecular weight excluding hydrogens is 296 g/mol.